The minimum absolute atomic E-state index is 0.200. The fraction of sp³-hybridized carbons (Fsp3) is 0.429. The van der Waals surface area contributed by atoms with Gasteiger partial charge in [-0.1, -0.05) is 11.8 Å². The standard InChI is InChI=1S/C7H7NOS/c9-7-3-5-4-8-2-1-6(5)10-7/h2-3,6H,1,4H2. The van der Waals surface area contributed by atoms with Crippen molar-refractivity contribution in [2.24, 2.45) is 4.99 Å². The number of carbonyl (C=O) groups is 1. The molecule has 0 amide bonds. The number of carbonyl (C=O) groups excluding carboxylic acids is 1. The molecule has 2 nitrogen and oxygen atoms in total. The average Bonchev–Trinajstić information content (AvgIpc) is 2.27. The van der Waals surface area contributed by atoms with Crippen LogP contribution in [0.3, 0.4) is 0 Å². The van der Waals surface area contributed by atoms with E-state index in [0.717, 1.165) is 13.0 Å². The molecule has 10 heavy (non-hydrogen) atoms. The van der Waals surface area contributed by atoms with Gasteiger partial charge in [0.25, 0.3) is 0 Å². The van der Waals surface area contributed by atoms with Crippen LogP contribution in [-0.4, -0.2) is 23.1 Å². The van der Waals surface area contributed by atoms with Crippen molar-refractivity contribution < 1.29 is 4.79 Å². The van der Waals surface area contributed by atoms with Crippen LogP contribution in [0.2, 0.25) is 0 Å². The molecule has 3 heteroatoms. The van der Waals surface area contributed by atoms with Gasteiger partial charge in [0.1, 0.15) is 0 Å². The van der Waals surface area contributed by atoms with Gasteiger partial charge in [0.05, 0.1) is 6.54 Å². The first-order valence-electron chi connectivity index (χ1n) is 3.25. The smallest absolute Gasteiger partial charge is 0.212 e. The minimum Gasteiger partial charge on any atom is -0.293 e. The Kier molecular flexibility index (Phi) is 1.38. The molecule has 0 aromatic heterocycles. The summed E-state index contributed by atoms with van der Waals surface area (Å²) in [5.41, 5.74) is 1.21. The van der Waals surface area contributed by atoms with Crippen LogP contribution in [0.1, 0.15) is 6.42 Å². The number of aliphatic imine (C=N–C) groups is 1. The van der Waals surface area contributed by atoms with Crippen LogP contribution in [0.15, 0.2) is 16.6 Å². The fourth-order valence-corrected chi connectivity index (χ4v) is 2.16. The maximum atomic E-state index is 10.8. The third kappa shape index (κ3) is 0.904. The highest BCUT2D eigenvalue weighted by Crippen LogP contribution is 2.31. The monoisotopic (exact) mass is 153 g/mol. The summed E-state index contributed by atoms with van der Waals surface area (Å²) in [6.45, 7) is 0.739. The Balaban J connectivity index is 2.26. The molecule has 0 aromatic carbocycles. The lowest BCUT2D eigenvalue weighted by molar-refractivity contribution is -0.106. The van der Waals surface area contributed by atoms with Crippen LogP contribution in [0.5, 0.6) is 0 Å². The van der Waals surface area contributed by atoms with Crippen LogP contribution in [0.25, 0.3) is 0 Å². The number of nitrogens with zero attached hydrogens (tertiary/aromatic N) is 1. The maximum absolute atomic E-state index is 10.8. The van der Waals surface area contributed by atoms with Crippen molar-refractivity contribution in [3.05, 3.63) is 11.6 Å². The quantitative estimate of drug-likeness (QED) is 0.520. The Labute approximate surface area is 63.4 Å². The first-order valence-corrected chi connectivity index (χ1v) is 4.13. The molecule has 2 heterocycles. The molecule has 0 saturated heterocycles. The Morgan fingerprint density at radius 3 is 3.40 bits per heavy atom. The Hall–Kier alpha value is -0.570. The van der Waals surface area contributed by atoms with Gasteiger partial charge >= 0.3 is 0 Å². The molecule has 0 N–H and O–H groups in total. The molecular weight excluding hydrogens is 146 g/mol. The molecule has 0 bridgehead atoms. The number of hydrogen-bond donors (Lipinski definition) is 0. The number of fused-ring (bicyclic) bond motifs is 1. The lowest BCUT2D eigenvalue weighted by Crippen LogP contribution is -2.10. The molecule has 52 valence electrons. The largest absolute Gasteiger partial charge is 0.293 e. The fourth-order valence-electron chi connectivity index (χ4n) is 1.18. The molecule has 1 atom stereocenters. The van der Waals surface area contributed by atoms with Gasteiger partial charge in [-0.2, -0.15) is 0 Å². The van der Waals surface area contributed by atoms with E-state index in [-0.39, 0.29) is 5.12 Å². The van der Waals surface area contributed by atoms with Crippen LogP contribution in [0.4, 0.5) is 0 Å². The summed E-state index contributed by atoms with van der Waals surface area (Å²) < 4.78 is 0. The molecule has 2 aliphatic rings. The average molecular weight is 153 g/mol. The zero-order chi connectivity index (χ0) is 6.97. The SMILES string of the molecule is O=C1C=C2CN=CCC2S1. The summed E-state index contributed by atoms with van der Waals surface area (Å²) in [7, 11) is 0. The third-order valence-electron chi connectivity index (χ3n) is 1.70. The first-order chi connectivity index (χ1) is 4.86. The van der Waals surface area contributed by atoms with Crippen molar-refractivity contribution in [1.29, 1.82) is 0 Å². The summed E-state index contributed by atoms with van der Waals surface area (Å²) in [6, 6.07) is 0. The molecule has 0 spiro atoms. The van der Waals surface area contributed by atoms with Gasteiger partial charge in [-0.3, -0.25) is 9.79 Å². The predicted octanol–water partition coefficient (Wildman–Crippen LogP) is 1.03. The van der Waals surface area contributed by atoms with Crippen molar-refractivity contribution in [2.75, 3.05) is 6.54 Å². The number of rotatable bonds is 0. The van der Waals surface area contributed by atoms with Crippen LogP contribution < -0.4 is 0 Å². The zero-order valence-corrected chi connectivity index (χ0v) is 6.23. The molecule has 0 saturated carbocycles. The van der Waals surface area contributed by atoms with E-state index in [4.69, 9.17) is 0 Å². The number of hydrogen-bond acceptors (Lipinski definition) is 3. The summed E-state index contributed by atoms with van der Waals surface area (Å²) in [5, 5.41) is 0.621. The Bertz CT molecular complexity index is 232. The van der Waals surface area contributed by atoms with E-state index >= 15 is 0 Å². The maximum Gasteiger partial charge on any atom is 0.212 e. The van der Waals surface area contributed by atoms with Gasteiger partial charge in [-0.05, 0) is 18.1 Å². The third-order valence-corrected chi connectivity index (χ3v) is 2.83. The van der Waals surface area contributed by atoms with E-state index in [2.05, 4.69) is 4.99 Å². The second-order valence-corrected chi connectivity index (χ2v) is 3.61. The summed E-state index contributed by atoms with van der Waals surface area (Å²) >= 11 is 1.43. The van der Waals surface area contributed by atoms with Crippen LogP contribution in [-0.2, 0) is 4.79 Å². The van der Waals surface area contributed by atoms with E-state index in [1.807, 2.05) is 6.21 Å². The normalized spacial score (nSPS) is 30.2. The topological polar surface area (TPSA) is 29.4 Å². The molecule has 0 radical (unpaired) electrons. The van der Waals surface area contributed by atoms with Gasteiger partial charge in [0.15, 0.2) is 0 Å². The van der Waals surface area contributed by atoms with Gasteiger partial charge in [0.2, 0.25) is 5.12 Å². The molecule has 0 aliphatic carbocycles. The van der Waals surface area contributed by atoms with E-state index < -0.39 is 0 Å². The molecule has 1 unspecified atom stereocenters. The minimum atomic E-state index is 0.200. The van der Waals surface area contributed by atoms with Crippen molar-refractivity contribution in [3.63, 3.8) is 0 Å². The lowest BCUT2D eigenvalue weighted by atomic mass is 10.1. The summed E-state index contributed by atoms with van der Waals surface area (Å²) in [5.74, 6) is 0. The highest BCUT2D eigenvalue weighted by molar-refractivity contribution is 8.15. The van der Waals surface area contributed by atoms with Crippen molar-refractivity contribution in [3.8, 4) is 0 Å². The summed E-state index contributed by atoms with van der Waals surface area (Å²) in [4.78, 5) is 14.9. The second-order valence-electron chi connectivity index (χ2n) is 2.40. The molecule has 0 fully saturated rings. The van der Waals surface area contributed by atoms with Crippen molar-refractivity contribution in [2.45, 2.75) is 11.7 Å². The lowest BCUT2D eigenvalue weighted by Gasteiger charge is -2.12. The summed E-state index contributed by atoms with van der Waals surface area (Å²) in [6.07, 6.45) is 4.57. The number of thioether (sulfide) groups is 1. The Morgan fingerprint density at radius 2 is 2.60 bits per heavy atom. The van der Waals surface area contributed by atoms with E-state index in [1.165, 1.54) is 17.3 Å². The van der Waals surface area contributed by atoms with Gasteiger partial charge in [0, 0.05) is 11.5 Å². The van der Waals surface area contributed by atoms with Gasteiger partial charge in [-0.15, -0.1) is 0 Å². The van der Waals surface area contributed by atoms with Crippen molar-refractivity contribution >= 4 is 23.1 Å². The van der Waals surface area contributed by atoms with Gasteiger partial charge in [-0.25, -0.2) is 0 Å². The van der Waals surface area contributed by atoms with Gasteiger partial charge < -0.3 is 0 Å². The van der Waals surface area contributed by atoms with Crippen LogP contribution in [0, 0.1) is 0 Å². The van der Waals surface area contributed by atoms with E-state index in [9.17, 15) is 4.79 Å². The van der Waals surface area contributed by atoms with Crippen molar-refractivity contribution in [1.82, 2.24) is 0 Å². The second kappa shape index (κ2) is 2.23. The molecule has 2 rings (SSSR count). The van der Waals surface area contributed by atoms with E-state index in [0.29, 0.717) is 5.25 Å². The zero-order valence-electron chi connectivity index (χ0n) is 5.41. The Morgan fingerprint density at radius 1 is 1.70 bits per heavy atom. The van der Waals surface area contributed by atoms with Crippen LogP contribution >= 0.6 is 11.8 Å². The molecule has 0 aromatic rings. The highest BCUT2D eigenvalue weighted by Gasteiger charge is 2.25. The first kappa shape index (κ1) is 6.16. The molecular formula is C7H7NOS. The molecule has 2 aliphatic heterocycles. The van der Waals surface area contributed by atoms with E-state index in [1.54, 1.807) is 6.08 Å². The highest BCUT2D eigenvalue weighted by atomic mass is 32.2. The predicted molar refractivity (Wildman–Crippen MR) is 42.4 cm³/mol.